The molecule has 3 rings (SSSR count). The molecule has 3 saturated heterocycles. The van der Waals surface area contributed by atoms with Crippen LogP contribution in [0.3, 0.4) is 0 Å². The molecule has 2 N–H and O–H groups in total. The van der Waals surface area contributed by atoms with Crippen molar-refractivity contribution in [3.8, 4) is 0 Å². The minimum absolute atomic E-state index is 0.0904. The molecule has 3 heterocycles. The minimum atomic E-state index is -0.0904. The number of carbonyl (C=O) groups is 2. The lowest BCUT2D eigenvalue weighted by atomic mass is 9.93. The van der Waals surface area contributed by atoms with Crippen LogP contribution < -0.4 is 10.6 Å². The fourth-order valence-electron chi connectivity index (χ4n) is 5.23. The quantitative estimate of drug-likeness (QED) is 0.386. The standard InChI is InChI=1S/C20H36N2O4.C8H18N2/c23-19(25-21-15-9-5-10-16-21)13-7-3-1-2-4-8-14-20(24)26-22-17-11-6-12-18-22;1-7(2)5-9-6-8(3,4)10-7/h1-18H2;9-10H,5-6H2,1-4H3. The molecule has 0 aromatic heterocycles. The van der Waals surface area contributed by atoms with Crippen LogP contribution in [0.2, 0.25) is 0 Å². The average Bonchev–Trinajstić information content (AvgIpc) is 2.81. The van der Waals surface area contributed by atoms with Crippen molar-refractivity contribution in [3.63, 3.8) is 0 Å². The SMILES string of the molecule is CC1(C)CNCC(C)(C)N1.O=C(CCCCCCCCC(=O)ON1CCCCC1)ON1CCCCC1. The van der Waals surface area contributed by atoms with E-state index in [1.54, 1.807) is 0 Å². The van der Waals surface area contributed by atoms with Crippen molar-refractivity contribution >= 4 is 11.9 Å². The van der Waals surface area contributed by atoms with Gasteiger partial charge in [0.1, 0.15) is 0 Å². The van der Waals surface area contributed by atoms with Gasteiger partial charge in [-0.3, -0.25) is 9.59 Å². The van der Waals surface area contributed by atoms with E-state index < -0.39 is 0 Å². The summed E-state index contributed by atoms with van der Waals surface area (Å²) in [6.45, 7) is 14.5. The van der Waals surface area contributed by atoms with Gasteiger partial charge in [-0.25, -0.2) is 0 Å². The zero-order valence-corrected chi connectivity index (χ0v) is 23.7. The second-order valence-electron chi connectivity index (χ2n) is 12.0. The van der Waals surface area contributed by atoms with Gasteiger partial charge in [0.25, 0.3) is 0 Å². The number of hydrogen-bond donors (Lipinski definition) is 2. The summed E-state index contributed by atoms with van der Waals surface area (Å²) in [6, 6.07) is 0. The Labute approximate surface area is 220 Å². The first kappa shape index (κ1) is 31.0. The lowest BCUT2D eigenvalue weighted by Crippen LogP contribution is -2.65. The van der Waals surface area contributed by atoms with E-state index in [2.05, 4.69) is 38.3 Å². The monoisotopic (exact) mass is 510 g/mol. The molecule has 8 heteroatoms. The van der Waals surface area contributed by atoms with Crippen molar-refractivity contribution < 1.29 is 19.3 Å². The summed E-state index contributed by atoms with van der Waals surface area (Å²) in [7, 11) is 0. The van der Waals surface area contributed by atoms with Gasteiger partial charge in [0, 0.05) is 63.2 Å². The first-order chi connectivity index (χ1) is 17.2. The Morgan fingerprint density at radius 2 is 0.972 bits per heavy atom. The molecular formula is C28H54N4O4. The van der Waals surface area contributed by atoms with Gasteiger partial charge in [0.2, 0.25) is 0 Å². The van der Waals surface area contributed by atoms with Crippen molar-refractivity contribution in [3.05, 3.63) is 0 Å². The molecule has 0 radical (unpaired) electrons. The molecule has 3 fully saturated rings. The maximum absolute atomic E-state index is 11.8. The van der Waals surface area contributed by atoms with Gasteiger partial charge in [-0.05, 0) is 66.2 Å². The highest BCUT2D eigenvalue weighted by molar-refractivity contribution is 5.69. The topological polar surface area (TPSA) is 83.1 Å². The van der Waals surface area contributed by atoms with E-state index in [9.17, 15) is 9.59 Å². The van der Waals surface area contributed by atoms with E-state index in [0.29, 0.717) is 12.8 Å². The van der Waals surface area contributed by atoms with Gasteiger partial charge < -0.3 is 20.3 Å². The van der Waals surface area contributed by atoms with Gasteiger partial charge in [0.05, 0.1) is 0 Å². The Kier molecular flexibility index (Phi) is 14.3. The second-order valence-corrected chi connectivity index (χ2v) is 12.0. The summed E-state index contributed by atoms with van der Waals surface area (Å²) < 4.78 is 0. The van der Waals surface area contributed by atoms with E-state index in [-0.39, 0.29) is 23.0 Å². The van der Waals surface area contributed by atoms with Gasteiger partial charge in [-0.15, -0.1) is 10.1 Å². The summed E-state index contributed by atoms with van der Waals surface area (Å²) in [5.41, 5.74) is 0.503. The van der Waals surface area contributed by atoms with Gasteiger partial charge in [0.15, 0.2) is 0 Å². The number of piperidine rings is 2. The van der Waals surface area contributed by atoms with Crippen LogP contribution in [0.25, 0.3) is 0 Å². The highest BCUT2D eigenvalue weighted by Gasteiger charge is 2.31. The molecule has 0 spiro atoms. The van der Waals surface area contributed by atoms with Crippen LogP contribution in [0.5, 0.6) is 0 Å². The second kappa shape index (κ2) is 16.6. The Morgan fingerprint density at radius 3 is 1.31 bits per heavy atom. The molecule has 0 aromatic carbocycles. The third kappa shape index (κ3) is 14.5. The fourth-order valence-corrected chi connectivity index (χ4v) is 5.23. The lowest BCUT2D eigenvalue weighted by molar-refractivity contribution is -0.195. The van der Waals surface area contributed by atoms with E-state index in [0.717, 1.165) is 103 Å². The van der Waals surface area contributed by atoms with E-state index >= 15 is 0 Å². The van der Waals surface area contributed by atoms with Gasteiger partial charge in [-0.2, -0.15) is 0 Å². The normalized spacial score (nSPS) is 22.2. The molecule has 3 aliphatic rings. The Bertz CT molecular complexity index is 577. The Hall–Kier alpha value is -1.22. The number of unbranched alkanes of at least 4 members (excludes halogenated alkanes) is 5. The summed E-state index contributed by atoms with van der Waals surface area (Å²) in [4.78, 5) is 34.3. The molecule has 3 aliphatic heterocycles. The largest absolute Gasteiger partial charge is 0.368 e. The molecule has 36 heavy (non-hydrogen) atoms. The number of carbonyl (C=O) groups excluding carboxylic acids is 2. The van der Waals surface area contributed by atoms with Crippen LogP contribution in [0, 0.1) is 0 Å². The van der Waals surface area contributed by atoms with E-state index in [1.165, 1.54) is 12.8 Å². The molecule has 0 atom stereocenters. The lowest BCUT2D eigenvalue weighted by Gasteiger charge is -2.42. The van der Waals surface area contributed by atoms with E-state index in [4.69, 9.17) is 9.68 Å². The maximum Gasteiger partial charge on any atom is 0.325 e. The molecule has 0 unspecified atom stereocenters. The molecule has 0 saturated carbocycles. The van der Waals surface area contributed by atoms with Crippen LogP contribution in [0.15, 0.2) is 0 Å². The van der Waals surface area contributed by atoms with Crippen LogP contribution in [0.4, 0.5) is 0 Å². The molecule has 0 bridgehead atoms. The summed E-state index contributed by atoms with van der Waals surface area (Å²) in [5.74, 6) is -0.181. The number of piperazine rings is 1. The molecule has 0 aromatic rings. The molecule has 0 aliphatic carbocycles. The first-order valence-corrected chi connectivity index (χ1v) is 14.6. The summed E-state index contributed by atoms with van der Waals surface area (Å²) >= 11 is 0. The number of hydroxylamine groups is 4. The number of rotatable bonds is 11. The summed E-state index contributed by atoms with van der Waals surface area (Å²) in [5, 5.41) is 10.6. The molecular weight excluding hydrogens is 456 g/mol. The first-order valence-electron chi connectivity index (χ1n) is 14.6. The average molecular weight is 511 g/mol. The summed E-state index contributed by atoms with van der Waals surface area (Å²) in [6.07, 6.45) is 14.1. The smallest absolute Gasteiger partial charge is 0.325 e. The number of nitrogens with zero attached hydrogens (tertiary/aromatic N) is 2. The molecule has 8 nitrogen and oxygen atoms in total. The highest BCUT2D eigenvalue weighted by atomic mass is 16.7. The maximum atomic E-state index is 11.8. The zero-order chi connectivity index (χ0) is 26.3. The van der Waals surface area contributed by atoms with Crippen molar-refractivity contribution in [1.29, 1.82) is 0 Å². The van der Waals surface area contributed by atoms with Crippen LogP contribution in [-0.4, -0.2) is 72.4 Å². The van der Waals surface area contributed by atoms with Crippen molar-refractivity contribution in [1.82, 2.24) is 20.8 Å². The predicted molar refractivity (Wildman–Crippen MR) is 144 cm³/mol. The van der Waals surface area contributed by atoms with Crippen molar-refractivity contribution in [2.75, 3.05) is 39.3 Å². The minimum Gasteiger partial charge on any atom is -0.368 e. The Balaban J connectivity index is 0.000000380. The third-order valence-corrected chi connectivity index (χ3v) is 6.91. The van der Waals surface area contributed by atoms with Crippen molar-refractivity contribution in [2.45, 2.75) is 129 Å². The molecule has 0 amide bonds. The van der Waals surface area contributed by atoms with Gasteiger partial charge >= 0.3 is 11.9 Å². The highest BCUT2D eigenvalue weighted by Crippen LogP contribution is 2.15. The Morgan fingerprint density at radius 1 is 0.611 bits per heavy atom. The zero-order valence-electron chi connectivity index (χ0n) is 23.7. The number of nitrogens with one attached hydrogen (secondary N) is 2. The fraction of sp³-hybridized carbons (Fsp3) is 0.929. The number of hydrogen-bond acceptors (Lipinski definition) is 8. The third-order valence-electron chi connectivity index (χ3n) is 6.91. The van der Waals surface area contributed by atoms with Crippen molar-refractivity contribution in [2.24, 2.45) is 0 Å². The predicted octanol–water partition coefficient (Wildman–Crippen LogP) is 4.73. The molecule has 210 valence electrons. The van der Waals surface area contributed by atoms with Gasteiger partial charge in [-0.1, -0.05) is 38.5 Å². The van der Waals surface area contributed by atoms with E-state index in [1.807, 2.05) is 10.1 Å². The van der Waals surface area contributed by atoms with Crippen LogP contribution in [-0.2, 0) is 19.3 Å². The van der Waals surface area contributed by atoms with Crippen LogP contribution in [0.1, 0.15) is 118 Å². The van der Waals surface area contributed by atoms with Crippen LogP contribution >= 0.6 is 0 Å².